The van der Waals surface area contributed by atoms with E-state index in [1.807, 2.05) is 29.2 Å². The maximum Gasteiger partial charge on any atom is 0.321 e. The van der Waals surface area contributed by atoms with Gasteiger partial charge in [0.2, 0.25) is 0 Å². The van der Waals surface area contributed by atoms with Gasteiger partial charge in [0.25, 0.3) is 0 Å². The van der Waals surface area contributed by atoms with Gasteiger partial charge < -0.3 is 15.0 Å². The molecule has 104 valence electrons. The Morgan fingerprint density at radius 2 is 1.79 bits per heavy atom. The third kappa shape index (κ3) is 3.63. The van der Waals surface area contributed by atoms with Crippen LogP contribution in [0.4, 0.5) is 10.5 Å². The van der Waals surface area contributed by atoms with Gasteiger partial charge >= 0.3 is 6.03 Å². The molecule has 0 bridgehead atoms. The van der Waals surface area contributed by atoms with Gasteiger partial charge in [-0.25, -0.2) is 4.79 Å². The van der Waals surface area contributed by atoms with Crippen LogP contribution in [0, 0.1) is 11.8 Å². The SMILES string of the molecule is COc1ccc(NC(=O)N2C[C@H](C)C[C@@H](C)C2)cc1. The molecular weight excluding hydrogens is 240 g/mol. The van der Waals surface area contributed by atoms with Crippen LogP contribution in [0.2, 0.25) is 0 Å². The van der Waals surface area contributed by atoms with Crippen LogP contribution < -0.4 is 10.1 Å². The number of rotatable bonds is 2. The van der Waals surface area contributed by atoms with Crippen molar-refractivity contribution in [2.45, 2.75) is 20.3 Å². The molecule has 1 aromatic rings. The lowest BCUT2D eigenvalue weighted by Gasteiger charge is -2.34. The standard InChI is InChI=1S/C15H22N2O2/c1-11-8-12(2)10-17(9-11)15(18)16-13-4-6-14(19-3)7-5-13/h4-7,11-12H,8-10H2,1-3H3,(H,16,18)/t11-,12-/m1/s1. The number of amides is 2. The first-order valence-electron chi connectivity index (χ1n) is 6.78. The maximum absolute atomic E-state index is 12.2. The predicted molar refractivity (Wildman–Crippen MR) is 76.5 cm³/mol. The van der Waals surface area contributed by atoms with Crippen molar-refractivity contribution in [1.82, 2.24) is 4.90 Å². The topological polar surface area (TPSA) is 41.6 Å². The van der Waals surface area contributed by atoms with Crippen molar-refractivity contribution in [2.75, 3.05) is 25.5 Å². The van der Waals surface area contributed by atoms with Crippen LogP contribution in [0.1, 0.15) is 20.3 Å². The molecule has 0 unspecified atom stereocenters. The van der Waals surface area contributed by atoms with E-state index in [0.29, 0.717) is 11.8 Å². The van der Waals surface area contributed by atoms with Gasteiger partial charge in [0.15, 0.2) is 0 Å². The summed E-state index contributed by atoms with van der Waals surface area (Å²) < 4.78 is 5.10. The second-order valence-corrected chi connectivity index (χ2v) is 5.51. The van der Waals surface area contributed by atoms with Crippen molar-refractivity contribution in [3.8, 4) is 5.75 Å². The van der Waals surface area contributed by atoms with Crippen molar-refractivity contribution >= 4 is 11.7 Å². The number of hydrogen-bond acceptors (Lipinski definition) is 2. The molecule has 0 saturated carbocycles. The number of benzene rings is 1. The first-order valence-corrected chi connectivity index (χ1v) is 6.78. The fraction of sp³-hybridized carbons (Fsp3) is 0.533. The second-order valence-electron chi connectivity index (χ2n) is 5.51. The number of nitrogens with zero attached hydrogens (tertiary/aromatic N) is 1. The van der Waals surface area contributed by atoms with Gasteiger partial charge in [-0.05, 0) is 42.5 Å². The molecule has 0 spiro atoms. The van der Waals surface area contributed by atoms with E-state index in [1.165, 1.54) is 6.42 Å². The lowest BCUT2D eigenvalue weighted by Crippen LogP contribution is -2.44. The van der Waals surface area contributed by atoms with E-state index < -0.39 is 0 Å². The summed E-state index contributed by atoms with van der Waals surface area (Å²) in [7, 11) is 1.63. The maximum atomic E-state index is 12.2. The fourth-order valence-corrected chi connectivity index (χ4v) is 2.71. The highest BCUT2D eigenvalue weighted by molar-refractivity contribution is 5.89. The summed E-state index contributed by atoms with van der Waals surface area (Å²) in [5.41, 5.74) is 0.802. The fourth-order valence-electron chi connectivity index (χ4n) is 2.71. The van der Waals surface area contributed by atoms with E-state index in [9.17, 15) is 4.79 Å². The first-order chi connectivity index (χ1) is 9.08. The van der Waals surface area contributed by atoms with Crippen molar-refractivity contribution in [3.63, 3.8) is 0 Å². The molecule has 0 radical (unpaired) electrons. The zero-order valence-electron chi connectivity index (χ0n) is 11.8. The third-order valence-corrected chi connectivity index (χ3v) is 3.50. The summed E-state index contributed by atoms with van der Waals surface area (Å²) in [5.74, 6) is 1.94. The van der Waals surface area contributed by atoms with E-state index in [2.05, 4.69) is 19.2 Å². The monoisotopic (exact) mass is 262 g/mol. The van der Waals surface area contributed by atoms with Crippen molar-refractivity contribution in [2.24, 2.45) is 11.8 Å². The summed E-state index contributed by atoms with van der Waals surface area (Å²) in [5, 5.41) is 2.94. The molecule has 1 aliphatic rings. The highest BCUT2D eigenvalue weighted by Crippen LogP contribution is 2.22. The van der Waals surface area contributed by atoms with Crippen LogP contribution >= 0.6 is 0 Å². The minimum Gasteiger partial charge on any atom is -0.497 e. The summed E-state index contributed by atoms with van der Waals surface area (Å²) >= 11 is 0. The third-order valence-electron chi connectivity index (χ3n) is 3.50. The van der Waals surface area contributed by atoms with Gasteiger partial charge in [-0.2, -0.15) is 0 Å². The largest absolute Gasteiger partial charge is 0.497 e. The molecule has 19 heavy (non-hydrogen) atoms. The summed E-state index contributed by atoms with van der Waals surface area (Å²) in [6, 6.07) is 7.39. The number of ether oxygens (including phenoxy) is 1. The van der Waals surface area contributed by atoms with E-state index in [4.69, 9.17) is 4.74 Å². The molecule has 1 heterocycles. The number of piperidine rings is 1. The molecule has 1 fully saturated rings. The lowest BCUT2D eigenvalue weighted by atomic mass is 9.92. The Kier molecular flexibility index (Phi) is 4.30. The van der Waals surface area contributed by atoms with Gasteiger partial charge in [-0.1, -0.05) is 13.8 Å². The van der Waals surface area contributed by atoms with Gasteiger partial charge in [0, 0.05) is 18.8 Å². The zero-order chi connectivity index (χ0) is 13.8. The van der Waals surface area contributed by atoms with Gasteiger partial charge in [-0.3, -0.25) is 0 Å². The van der Waals surface area contributed by atoms with Crippen LogP contribution in [0.15, 0.2) is 24.3 Å². The van der Waals surface area contributed by atoms with Crippen LogP contribution in [-0.4, -0.2) is 31.1 Å². The van der Waals surface area contributed by atoms with Gasteiger partial charge in [0.1, 0.15) is 5.75 Å². The second kappa shape index (κ2) is 5.95. The minimum absolute atomic E-state index is 0.0106. The van der Waals surface area contributed by atoms with Crippen molar-refractivity contribution < 1.29 is 9.53 Å². The molecule has 0 aliphatic carbocycles. The Balaban J connectivity index is 1.96. The molecule has 4 nitrogen and oxygen atoms in total. The number of hydrogen-bond donors (Lipinski definition) is 1. The van der Waals surface area contributed by atoms with Crippen molar-refractivity contribution in [1.29, 1.82) is 0 Å². The average Bonchev–Trinajstić information content (AvgIpc) is 2.38. The molecule has 0 aromatic heterocycles. The Labute approximate surface area is 114 Å². The smallest absolute Gasteiger partial charge is 0.321 e. The molecule has 1 N–H and O–H groups in total. The number of anilines is 1. The van der Waals surface area contributed by atoms with Crippen molar-refractivity contribution in [3.05, 3.63) is 24.3 Å². The number of nitrogens with one attached hydrogen (secondary N) is 1. The lowest BCUT2D eigenvalue weighted by molar-refractivity contribution is 0.156. The molecule has 4 heteroatoms. The van der Waals surface area contributed by atoms with Gasteiger partial charge in [-0.15, -0.1) is 0 Å². The number of carbonyl (C=O) groups excluding carboxylic acids is 1. The van der Waals surface area contributed by atoms with Crippen LogP contribution in [0.5, 0.6) is 5.75 Å². The minimum atomic E-state index is -0.0106. The number of carbonyl (C=O) groups is 1. The Morgan fingerprint density at radius 1 is 1.21 bits per heavy atom. The van der Waals surface area contributed by atoms with E-state index >= 15 is 0 Å². The molecule has 2 rings (SSSR count). The number of methoxy groups -OCH3 is 1. The Bertz CT molecular complexity index is 420. The van der Waals surface area contributed by atoms with Crippen LogP contribution in [0.25, 0.3) is 0 Å². The quantitative estimate of drug-likeness (QED) is 0.889. The Morgan fingerprint density at radius 3 is 2.32 bits per heavy atom. The average molecular weight is 262 g/mol. The number of urea groups is 1. The Hall–Kier alpha value is -1.71. The van der Waals surface area contributed by atoms with E-state index in [1.54, 1.807) is 7.11 Å². The summed E-state index contributed by atoms with van der Waals surface area (Å²) in [6.07, 6.45) is 1.20. The molecule has 2 amide bonds. The highest BCUT2D eigenvalue weighted by Gasteiger charge is 2.25. The zero-order valence-corrected chi connectivity index (χ0v) is 11.8. The van der Waals surface area contributed by atoms with Gasteiger partial charge in [0.05, 0.1) is 7.11 Å². The van der Waals surface area contributed by atoms with E-state index in [-0.39, 0.29) is 6.03 Å². The van der Waals surface area contributed by atoms with Crippen LogP contribution in [-0.2, 0) is 0 Å². The molecule has 2 atom stereocenters. The first kappa shape index (κ1) is 13.7. The molecular formula is C15H22N2O2. The number of likely N-dealkylation sites (tertiary alicyclic amines) is 1. The molecule has 1 aliphatic heterocycles. The molecule has 1 saturated heterocycles. The predicted octanol–water partition coefficient (Wildman–Crippen LogP) is 3.21. The highest BCUT2D eigenvalue weighted by atomic mass is 16.5. The normalized spacial score (nSPS) is 23.0. The summed E-state index contributed by atoms with van der Waals surface area (Å²) in [6.45, 7) is 6.07. The molecule has 1 aromatic carbocycles. The van der Waals surface area contributed by atoms with Crippen LogP contribution in [0.3, 0.4) is 0 Å². The van der Waals surface area contributed by atoms with E-state index in [0.717, 1.165) is 24.5 Å². The summed E-state index contributed by atoms with van der Waals surface area (Å²) in [4.78, 5) is 14.1.